The Kier molecular flexibility index (Phi) is 1.51. The van der Waals surface area contributed by atoms with Crippen molar-refractivity contribution in [2.75, 3.05) is 5.73 Å². The first-order valence-corrected chi connectivity index (χ1v) is 3.94. The van der Waals surface area contributed by atoms with Gasteiger partial charge in [-0.25, -0.2) is 0 Å². The third-order valence-electron chi connectivity index (χ3n) is 2.03. The van der Waals surface area contributed by atoms with Crippen LogP contribution < -0.4 is 5.73 Å². The number of fused-ring (bicyclic) bond motifs is 1. The Bertz CT molecular complexity index is 378. The molecule has 0 fully saturated rings. The van der Waals surface area contributed by atoms with Crippen LogP contribution in [0.25, 0.3) is 10.8 Å². The molecular formula is C11H10N. The number of nitrogens with two attached hydrogens (primary N) is 1. The fourth-order valence-corrected chi connectivity index (χ4v) is 1.29. The number of benzene rings is 2. The van der Waals surface area contributed by atoms with Gasteiger partial charge in [0.1, 0.15) is 0 Å². The minimum atomic E-state index is 0.744. The molecule has 0 saturated heterocycles. The summed E-state index contributed by atoms with van der Waals surface area (Å²) in [6.07, 6.45) is 0. The minimum absolute atomic E-state index is 0.744. The Hall–Kier alpha value is -1.50. The molecule has 0 aliphatic carbocycles. The van der Waals surface area contributed by atoms with Gasteiger partial charge in [-0.1, -0.05) is 24.3 Å². The van der Waals surface area contributed by atoms with Gasteiger partial charge in [-0.3, -0.25) is 0 Å². The van der Waals surface area contributed by atoms with Crippen molar-refractivity contribution in [3.63, 3.8) is 0 Å². The Morgan fingerprint density at radius 1 is 1.25 bits per heavy atom. The average Bonchev–Trinajstić information content (AvgIpc) is 2.07. The van der Waals surface area contributed by atoms with Crippen LogP contribution in [0.1, 0.15) is 5.56 Å². The van der Waals surface area contributed by atoms with Gasteiger partial charge in [-0.15, -0.1) is 0 Å². The maximum absolute atomic E-state index is 5.73. The molecule has 2 aromatic carbocycles. The maximum atomic E-state index is 5.73. The van der Waals surface area contributed by atoms with E-state index in [1.807, 2.05) is 25.1 Å². The number of rotatable bonds is 0. The third kappa shape index (κ3) is 1.03. The summed E-state index contributed by atoms with van der Waals surface area (Å²) in [7, 11) is 0. The van der Waals surface area contributed by atoms with Crippen molar-refractivity contribution in [2.45, 2.75) is 6.92 Å². The lowest BCUT2D eigenvalue weighted by Crippen LogP contribution is -1.89. The molecule has 1 heteroatoms. The van der Waals surface area contributed by atoms with Gasteiger partial charge in [0.25, 0.3) is 0 Å². The monoisotopic (exact) mass is 156 g/mol. The third-order valence-corrected chi connectivity index (χ3v) is 2.03. The van der Waals surface area contributed by atoms with Gasteiger partial charge in [0.15, 0.2) is 0 Å². The first-order valence-electron chi connectivity index (χ1n) is 3.94. The molecule has 2 rings (SSSR count). The van der Waals surface area contributed by atoms with E-state index in [-0.39, 0.29) is 0 Å². The van der Waals surface area contributed by atoms with Crippen LogP contribution in [0, 0.1) is 13.0 Å². The minimum Gasteiger partial charge on any atom is -0.398 e. The highest BCUT2D eigenvalue weighted by Gasteiger charge is 1.96. The van der Waals surface area contributed by atoms with E-state index >= 15 is 0 Å². The molecule has 0 aliphatic rings. The number of hydrogen-bond acceptors (Lipinski definition) is 1. The molecule has 0 heterocycles. The predicted molar refractivity (Wildman–Crippen MR) is 51.9 cm³/mol. The second kappa shape index (κ2) is 2.52. The molecule has 1 radical (unpaired) electrons. The molecule has 0 aromatic heterocycles. The van der Waals surface area contributed by atoms with Gasteiger partial charge < -0.3 is 5.73 Å². The molecule has 0 bridgehead atoms. The summed E-state index contributed by atoms with van der Waals surface area (Å²) in [5.74, 6) is 0. The SMILES string of the molecule is Cc1cc2ccccc2[c]c1N. The zero-order valence-electron chi connectivity index (χ0n) is 6.96. The van der Waals surface area contributed by atoms with Crippen LogP contribution in [0.3, 0.4) is 0 Å². The van der Waals surface area contributed by atoms with Gasteiger partial charge >= 0.3 is 0 Å². The molecule has 0 aliphatic heterocycles. The van der Waals surface area contributed by atoms with Crippen LogP contribution in [-0.2, 0) is 0 Å². The molecule has 0 spiro atoms. The molecule has 59 valence electrons. The van der Waals surface area contributed by atoms with Crippen molar-refractivity contribution >= 4 is 16.5 Å². The van der Waals surface area contributed by atoms with Crippen molar-refractivity contribution in [3.8, 4) is 0 Å². The summed E-state index contributed by atoms with van der Waals surface area (Å²) in [6.45, 7) is 2.00. The Balaban J connectivity index is 2.84. The van der Waals surface area contributed by atoms with E-state index in [1.165, 1.54) is 5.39 Å². The first kappa shape index (κ1) is 7.17. The van der Waals surface area contributed by atoms with E-state index in [4.69, 9.17) is 5.73 Å². The number of hydrogen-bond donors (Lipinski definition) is 1. The van der Waals surface area contributed by atoms with Gasteiger partial charge in [0.05, 0.1) is 0 Å². The lowest BCUT2D eigenvalue weighted by Gasteiger charge is -2.01. The summed E-state index contributed by atoms with van der Waals surface area (Å²) < 4.78 is 0. The van der Waals surface area contributed by atoms with Gasteiger partial charge in [0, 0.05) is 11.8 Å². The largest absolute Gasteiger partial charge is 0.398 e. The lowest BCUT2D eigenvalue weighted by atomic mass is 10.1. The molecule has 0 saturated carbocycles. The predicted octanol–water partition coefficient (Wildman–Crippen LogP) is 2.53. The first-order chi connectivity index (χ1) is 5.77. The van der Waals surface area contributed by atoms with Gasteiger partial charge in [0.2, 0.25) is 0 Å². The summed E-state index contributed by atoms with van der Waals surface area (Å²) in [6, 6.07) is 13.3. The maximum Gasteiger partial charge on any atom is 0.0430 e. The Labute approximate surface area is 71.8 Å². The van der Waals surface area contributed by atoms with Crippen LogP contribution in [-0.4, -0.2) is 0 Å². The van der Waals surface area contributed by atoms with E-state index in [2.05, 4.69) is 18.2 Å². The van der Waals surface area contributed by atoms with Crippen molar-refractivity contribution < 1.29 is 0 Å². The van der Waals surface area contributed by atoms with Gasteiger partial charge in [-0.05, 0) is 29.3 Å². The van der Waals surface area contributed by atoms with Crippen LogP contribution in [0.2, 0.25) is 0 Å². The van der Waals surface area contributed by atoms with E-state index in [1.54, 1.807) is 0 Å². The van der Waals surface area contributed by atoms with E-state index in [9.17, 15) is 0 Å². The van der Waals surface area contributed by atoms with Crippen LogP contribution in [0.4, 0.5) is 5.69 Å². The summed E-state index contributed by atoms with van der Waals surface area (Å²) in [5, 5.41) is 2.28. The second-order valence-electron chi connectivity index (χ2n) is 2.95. The number of aryl methyl sites for hydroxylation is 1. The van der Waals surface area contributed by atoms with Crippen LogP contribution in [0.15, 0.2) is 30.3 Å². The molecular weight excluding hydrogens is 146 g/mol. The number of nitrogen functional groups attached to an aromatic ring is 1. The van der Waals surface area contributed by atoms with Crippen molar-refractivity contribution in [1.29, 1.82) is 0 Å². The molecule has 2 aromatic rings. The summed E-state index contributed by atoms with van der Waals surface area (Å²) in [5.41, 5.74) is 7.57. The Morgan fingerprint density at radius 3 is 2.83 bits per heavy atom. The summed E-state index contributed by atoms with van der Waals surface area (Å²) in [4.78, 5) is 0. The number of anilines is 1. The van der Waals surface area contributed by atoms with Gasteiger partial charge in [-0.2, -0.15) is 0 Å². The highest BCUT2D eigenvalue weighted by atomic mass is 14.5. The summed E-state index contributed by atoms with van der Waals surface area (Å²) >= 11 is 0. The average molecular weight is 156 g/mol. The highest BCUT2D eigenvalue weighted by molar-refractivity contribution is 5.85. The lowest BCUT2D eigenvalue weighted by molar-refractivity contribution is 1.50. The molecule has 2 N–H and O–H groups in total. The molecule has 0 atom stereocenters. The Morgan fingerprint density at radius 2 is 2.00 bits per heavy atom. The zero-order valence-corrected chi connectivity index (χ0v) is 6.96. The van der Waals surface area contributed by atoms with Crippen LogP contribution in [0.5, 0.6) is 0 Å². The van der Waals surface area contributed by atoms with Crippen molar-refractivity contribution in [2.24, 2.45) is 0 Å². The fourth-order valence-electron chi connectivity index (χ4n) is 1.29. The second-order valence-corrected chi connectivity index (χ2v) is 2.95. The zero-order chi connectivity index (χ0) is 8.55. The molecule has 12 heavy (non-hydrogen) atoms. The van der Waals surface area contributed by atoms with Crippen molar-refractivity contribution in [1.82, 2.24) is 0 Å². The smallest absolute Gasteiger partial charge is 0.0430 e. The quantitative estimate of drug-likeness (QED) is 0.583. The van der Waals surface area contributed by atoms with Crippen LogP contribution >= 0.6 is 0 Å². The highest BCUT2D eigenvalue weighted by Crippen LogP contribution is 2.19. The molecule has 0 amide bonds. The van der Waals surface area contributed by atoms with E-state index in [0.717, 1.165) is 16.6 Å². The molecule has 1 nitrogen and oxygen atoms in total. The van der Waals surface area contributed by atoms with E-state index in [0.29, 0.717) is 0 Å². The fraction of sp³-hybridized carbons (Fsp3) is 0.0909. The van der Waals surface area contributed by atoms with Crippen molar-refractivity contribution in [3.05, 3.63) is 42.0 Å². The standard InChI is InChI=1S/C11H10N/c1-8-6-9-4-2-3-5-10(9)7-11(8)12/h2-6H,12H2,1H3. The normalized spacial score (nSPS) is 10.4. The molecule has 0 unspecified atom stereocenters. The van der Waals surface area contributed by atoms with E-state index < -0.39 is 0 Å². The topological polar surface area (TPSA) is 26.0 Å².